The molecule has 24 heavy (non-hydrogen) atoms. The summed E-state index contributed by atoms with van der Waals surface area (Å²) in [5.74, 6) is 1.14. The fraction of sp³-hybridized carbons (Fsp3) is 0.474. The van der Waals surface area contributed by atoms with Crippen LogP contribution in [-0.4, -0.2) is 29.3 Å². The molecule has 0 spiro atoms. The van der Waals surface area contributed by atoms with E-state index in [1.165, 1.54) is 0 Å². The number of benzene rings is 1. The standard InChI is InChI=1S/C19H23N3O2/c23-18(19(9-4-10-19)15-5-2-1-3-6-15)20-17-13-16(21-22-17)14-7-11-24-12-8-14/h1-3,5-6,13-14H,4,7-12H2,(H2,20,21,22,23). The van der Waals surface area contributed by atoms with Crippen molar-refractivity contribution in [2.45, 2.75) is 43.4 Å². The summed E-state index contributed by atoms with van der Waals surface area (Å²) < 4.78 is 5.40. The lowest BCUT2D eigenvalue weighted by Gasteiger charge is -2.40. The highest BCUT2D eigenvalue weighted by atomic mass is 16.5. The summed E-state index contributed by atoms with van der Waals surface area (Å²) in [5.41, 5.74) is 1.81. The van der Waals surface area contributed by atoms with Crippen molar-refractivity contribution in [2.24, 2.45) is 0 Å². The molecule has 1 aliphatic carbocycles. The van der Waals surface area contributed by atoms with Gasteiger partial charge in [0.1, 0.15) is 0 Å². The summed E-state index contributed by atoms with van der Waals surface area (Å²) >= 11 is 0. The fourth-order valence-corrected chi connectivity index (χ4v) is 3.79. The van der Waals surface area contributed by atoms with Crippen molar-refractivity contribution in [1.82, 2.24) is 10.2 Å². The Morgan fingerprint density at radius 1 is 1.21 bits per heavy atom. The first-order valence-electron chi connectivity index (χ1n) is 8.78. The normalized spacial score (nSPS) is 20.3. The molecule has 1 aromatic heterocycles. The van der Waals surface area contributed by atoms with Gasteiger partial charge in [-0.1, -0.05) is 36.8 Å². The monoisotopic (exact) mass is 325 g/mol. The largest absolute Gasteiger partial charge is 0.381 e. The Balaban J connectivity index is 1.48. The number of amides is 1. The number of rotatable bonds is 4. The number of hydrogen-bond acceptors (Lipinski definition) is 3. The summed E-state index contributed by atoms with van der Waals surface area (Å²) in [4.78, 5) is 12.9. The highest BCUT2D eigenvalue weighted by Crippen LogP contribution is 2.44. The molecule has 5 heteroatoms. The molecular weight excluding hydrogens is 302 g/mol. The van der Waals surface area contributed by atoms with E-state index in [1.54, 1.807) is 0 Å². The number of carbonyl (C=O) groups excluding carboxylic acids is 1. The molecule has 126 valence electrons. The molecule has 4 rings (SSSR count). The van der Waals surface area contributed by atoms with Gasteiger partial charge < -0.3 is 10.1 Å². The third kappa shape index (κ3) is 2.73. The molecule has 2 aliphatic rings. The number of hydrogen-bond donors (Lipinski definition) is 2. The fourth-order valence-electron chi connectivity index (χ4n) is 3.79. The molecule has 1 saturated carbocycles. The second kappa shape index (κ2) is 6.40. The maximum absolute atomic E-state index is 12.9. The number of ether oxygens (including phenoxy) is 1. The molecule has 5 nitrogen and oxygen atoms in total. The van der Waals surface area contributed by atoms with E-state index in [2.05, 4.69) is 27.6 Å². The van der Waals surface area contributed by atoms with Crippen LogP contribution in [0.3, 0.4) is 0 Å². The number of aromatic nitrogens is 2. The molecule has 0 unspecified atom stereocenters. The lowest BCUT2D eigenvalue weighted by Crippen LogP contribution is -2.46. The van der Waals surface area contributed by atoms with Crippen molar-refractivity contribution >= 4 is 11.7 Å². The van der Waals surface area contributed by atoms with E-state index in [-0.39, 0.29) is 11.3 Å². The zero-order chi connectivity index (χ0) is 16.4. The number of anilines is 1. The van der Waals surface area contributed by atoms with Gasteiger partial charge in [0.2, 0.25) is 5.91 Å². The zero-order valence-corrected chi connectivity index (χ0v) is 13.8. The second-order valence-corrected chi connectivity index (χ2v) is 6.85. The highest BCUT2D eigenvalue weighted by Gasteiger charge is 2.45. The summed E-state index contributed by atoms with van der Waals surface area (Å²) in [7, 11) is 0. The number of nitrogens with zero attached hydrogens (tertiary/aromatic N) is 1. The molecule has 0 radical (unpaired) electrons. The molecule has 1 saturated heterocycles. The van der Waals surface area contributed by atoms with Crippen molar-refractivity contribution < 1.29 is 9.53 Å². The molecule has 2 fully saturated rings. The van der Waals surface area contributed by atoms with E-state index in [1.807, 2.05) is 24.3 Å². The van der Waals surface area contributed by atoms with E-state index in [0.717, 1.165) is 56.6 Å². The first kappa shape index (κ1) is 15.4. The number of H-pyrrole nitrogens is 1. The maximum atomic E-state index is 12.9. The van der Waals surface area contributed by atoms with Crippen LogP contribution in [0.2, 0.25) is 0 Å². The van der Waals surface area contributed by atoms with Crippen LogP contribution in [0.5, 0.6) is 0 Å². The molecule has 1 aliphatic heterocycles. The minimum absolute atomic E-state index is 0.0602. The molecule has 2 aromatic rings. The number of nitrogens with one attached hydrogen (secondary N) is 2. The minimum Gasteiger partial charge on any atom is -0.381 e. The Morgan fingerprint density at radius 3 is 2.62 bits per heavy atom. The Morgan fingerprint density at radius 2 is 1.96 bits per heavy atom. The van der Waals surface area contributed by atoms with E-state index in [4.69, 9.17) is 4.74 Å². The maximum Gasteiger partial charge on any atom is 0.236 e. The lowest BCUT2D eigenvalue weighted by atomic mass is 9.64. The summed E-state index contributed by atoms with van der Waals surface area (Å²) in [5, 5.41) is 10.4. The van der Waals surface area contributed by atoms with Crippen molar-refractivity contribution in [3.05, 3.63) is 47.7 Å². The summed E-state index contributed by atoms with van der Waals surface area (Å²) in [6, 6.07) is 12.1. The Kier molecular flexibility index (Phi) is 4.10. The van der Waals surface area contributed by atoms with Gasteiger partial charge in [0.25, 0.3) is 0 Å². The smallest absolute Gasteiger partial charge is 0.236 e. The summed E-state index contributed by atoms with van der Waals surface area (Å²) in [6.07, 6.45) is 4.91. The molecule has 1 amide bonds. The van der Waals surface area contributed by atoms with Crippen molar-refractivity contribution in [1.29, 1.82) is 0 Å². The SMILES string of the molecule is O=C(Nc1cc(C2CCOCC2)[nH]n1)C1(c2ccccc2)CCC1. The minimum atomic E-state index is -0.390. The van der Waals surface area contributed by atoms with E-state index < -0.39 is 0 Å². The van der Waals surface area contributed by atoms with Gasteiger partial charge in [0.15, 0.2) is 5.82 Å². The molecule has 2 N–H and O–H groups in total. The van der Waals surface area contributed by atoms with Gasteiger partial charge in [-0.25, -0.2) is 0 Å². The van der Waals surface area contributed by atoms with Gasteiger partial charge in [0.05, 0.1) is 5.41 Å². The Labute approximate surface area is 141 Å². The second-order valence-electron chi connectivity index (χ2n) is 6.85. The van der Waals surface area contributed by atoms with Crippen LogP contribution in [0.4, 0.5) is 5.82 Å². The first-order chi connectivity index (χ1) is 11.8. The first-order valence-corrected chi connectivity index (χ1v) is 8.78. The van der Waals surface area contributed by atoms with Crippen LogP contribution in [0.25, 0.3) is 0 Å². The van der Waals surface area contributed by atoms with E-state index in [0.29, 0.717) is 11.7 Å². The Bertz CT molecular complexity index is 700. The van der Waals surface area contributed by atoms with Crippen LogP contribution < -0.4 is 5.32 Å². The van der Waals surface area contributed by atoms with Crippen molar-refractivity contribution in [2.75, 3.05) is 18.5 Å². The van der Waals surface area contributed by atoms with Crippen LogP contribution in [0, 0.1) is 0 Å². The quantitative estimate of drug-likeness (QED) is 0.906. The van der Waals surface area contributed by atoms with Gasteiger partial charge in [-0.05, 0) is 31.2 Å². The zero-order valence-electron chi connectivity index (χ0n) is 13.8. The molecule has 0 atom stereocenters. The summed E-state index contributed by atoms with van der Waals surface area (Å²) in [6.45, 7) is 1.59. The predicted molar refractivity (Wildman–Crippen MR) is 92.0 cm³/mol. The van der Waals surface area contributed by atoms with Crippen LogP contribution >= 0.6 is 0 Å². The molecular formula is C19H23N3O2. The van der Waals surface area contributed by atoms with Gasteiger partial charge in [-0.2, -0.15) is 5.10 Å². The number of aromatic amines is 1. The van der Waals surface area contributed by atoms with Crippen molar-refractivity contribution in [3.8, 4) is 0 Å². The highest BCUT2D eigenvalue weighted by molar-refractivity contribution is 5.99. The molecule has 1 aromatic carbocycles. The van der Waals surface area contributed by atoms with Crippen molar-refractivity contribution in [3.63, 3.8) is 0 Å². The predicted octanol–water partition coefficient (Wildman–Crippen LogP) is 3.36. The average Bonchev–Trinajstić information content (AvgIpc) is 3.04. The average molecular weight is 325 g/mol. The van der Waals surface area contributed by atoms with Gasteiger partial charge in [0, 0.05) is 30.9 Å². The lowest BCUT2D eigenvalue weighted by molar-refractivity contribution is -0.124. The van der Waals surface area contributed by atoms with Crippen LogP contribution in [0.1, 0.15) is 49.3 Å². The number of carbonyl (C=O) groups is 1. The molecule has 0 bridgehead atoms. The van der Waals surface area contributed by atoms with Crippen LogP contribution in [0.15, 0.2) is 36.4 Å². The topological polar surface area (TPSA) is 67.0 Å². The Hall–Kier alpha value is -2.14. The third-order valence-corrected chi connectivity index (χ3v) is 5.47. The third-order valence-electron chi connectivity index (χ3n) is 5.47. The van der Waals surface area contributed by atoms with Gasteiger partial charge in [-0.15, -0.1) is 0 Å². The van der Waals surface area contributed by atoms with E-state index in [9.17, 15) is 4.79 Å². The van der Waals surface area contributed by atoms with Crippen LogP contribution in [-0.2, 0) is 14.9 Å². The van der Waals surface area contributed by atoms with Gasteiger partial charge >= 0.3 is 0 Å². The van der Waals surface area contributed by atoms with E-state index >= 15 is 0 Å². The van der Waals surface area contributed by atoms with Gasteiger partial charge in [-0.3, -0.25) is 9.89 Å². The molecule has 2 heterocycles.